The van der Waals surface area contributed by atoms with Gasteiger partial charge in [0.25, 0.3) is 0 Å². The zero-order valence-electron chi connectivity index (χ0n) is 29.6. The van der Waals surface area contributed by atoms with E-state index >= 15 is 0 Å². The number of aliphatic imine (C=N–C) groups is 1. The average Bonchev–Trinajstić information content (AvgIpc) is 3.67. The number of para-hydroxylation sites is 1. The minimum Gasteiger partial charge on any atom is -0.224 e. The summed E-state index contributed by atoms with van der Waals surface area (Å²) in [4.78, 5) is 6.68. The number of fused-ring (bicyclic) bond motifs is 6. The van der Waals surface area contributed by atoms with Crippen molar-refractivity contribution >= 4 is 60.0 Å². The molecule has 0 fully saturated rings. The van der Waals surface area contributed by atoms with E-state index in [0.29, 0.717) is 6.42 Å². The summed E-state index contributed by atoms with van der Waals surface area (Å²) in [6.45, 7) is 0. The minimum atomic E-state index is 0.644. The smallest absolute Gasteiger partial charge is 0.215 e. The van der Waals surface area contributed by atoms with Crippen molar-refractivity contribution in [1.29, 1.82) is 0 Å². The molecule has 7 aromatic carbocycles. The molecule has 0 bridgehead atoms. The van der Waals surface area contributed by atoms with E-state index in [4.69, 9.17) is 11.4 Å². The number of benzene rings is 7. The second kappa shape index (κ2) is 13.4. The van der Waals surface area contributed by atoms with Gasteiger partial charge in [0.15, 0.2) is 11.4 Å². The number of hydrogen-bond donors (Lipinski definition) is 1. The first-order valence-electron chi connectivity index (χ1n) is 18.4. The third-order valence-electron chi connectivity index (χ3n) is 10.7. The number of nitrogens with zero attached hydrogens (tertiary/aromatic N) is 1. The molecule has 1 atom stereocenters. The Hall–Kier alpha value is -6.57. The molecule has 2 aliphatic rings. The summed E-state index contributed by atoms with van der Waals surface area (Å²) in [6.07, 6.45) is 11.6. The molecule has 0 radical (unpaired) electrons. The van der Waals surface area contributed by atoms with E-state index in [1.54, 1.807) is 0 Å². The lowest BCUT2D eigenvalue weighted by Gasteiger charge is -2.16. The molecule has 254 valence electrons. The Morgan fingerprint density at radius 2 is 1.19 bits per heavy atom. The van der Waals surface area contributed by atoms with Crippen LogP contribution >= 0.6 is 11.3 Å². The zero-order chi connectivity index (χ0) is 36.0. The molecule has 1 aromatic heterocycles. The fourth-order valence-electron chi connectivity index (χ4n) is 8.05. The summed E-state index contributed by atoms with van der Waals surface area (Å²) >= 11 is 1.84. The van der Waals surface area contributed by atoms with Gasteiger partial charge in [0.05, 0.1) is 17.7 Å². The molecule has 0 saturated carbocycles. The first-order valence-corrected chi connectivity index (χ1v) is 19.2. The van der Waals surface area contributed by atoms with Gasteiger partial charge in [0, 0.05) is 49.9 Å². The topological polar surface area (TPSA) is 16.8 Å². The molecule has 54 heavy (non-hydrogen) atoms. The summed E-state index contributed by atoms with van der Waals surface area (Å²) in [7, 11) is 0. The molecule has 10 rings (SSSR count). The fourth-order valence-corrected chi connectivity index (χ4v) is 9.12. The lowest BCUT2D eigenvalue weighted by molar-refractivity contribution is -0.647. The lowest BCUT2D eigenvalue weighted by Crippen LogP contribution is -3.04. The number of terminal acetylenes is 1. The largest absolute Gasteiger partial charge is 0.224 e. The van der Waals surface area contributed by atoms with Crippen LogP contribution in [0.3, 0.4) is 0 Å². The summed E-state index contributed by atoms with van der Waals surface area (Å²) in [6, 6.07) is 59.4. The Balaban J connectivity index is 1.04. The van der Waals surface area contributed by atoms with E-state index in [9.17, 15) is 0 Å². The van der Waals surface area contributed by atoms with E-state index in [0.717, 1.165) is 23.5 Å². The van der Waals surface area contributed by atoms with Gasteiger partial charge in [0.2, 0.25) is 5.84 Å². The van der Waals surface area contributed by atoms with Gasteiger partial charge < -0.3 is 0 Å². The first-order chi connectivity index (χ1) is 26.7. The number of rotatable bonds is 5. The van der Waals surface area contributed by atoms with E-state index in [-0.39, 0.29) is 0 Å². The predicted molar refractivity (Wildman–Crippen MR) is 229 cm³/mol. The summed E-state index contributed by atoms with van der Waals surface area (Å²) < 4.78 is 2.59. The number of amidine groups is 1. The molecular weight excluding hydrogens is 673 g/mol. The van der Waals surface area contributed by atoms with Crippen LogP contribution in [-0.2, 0) is 6.42 Å². The Bertz CT molecular complexity index is 2880. The predicted octanol–water partition coefficient (Wildman–Crippen LogP) is 12.3. The van der Waals surface area contributed by atoms with Crippen LogP contribution in [0.25, 0.3) is 64.8 Å². The van der Waals surface area contributed by atoms with Crippen molar-refractivity contribution in [2.24, 2.45) is 4.99 Å². The highest BCUT2D eigenvalue weighted by Gasteiger charge is 2.36. The van der Waals surface area contributed by atoms with Crippen molar-refractivity contribution in [1.82, 2.24) is 0 Å². The molecule has 1 unspecified atom stereocenters. The van der Waals surface area contributed by atoms with E-state index < -0.39 is 0 Å². The van der Waals surface area contributed by atoms with Crippen LogP contribution < -0.4 is 4.90 Å². The molecule has 3 heteroatoms. The Labute approximate surface area is 319 Å². The van der Waals surface area contributed by atoms with Crippen molar-refractivity contribution in [2.45, 2.75) is 12.8 Å². The average molecular weight is 708 g/mol. The number of allylic oxidation sites excluding steroid dienone is 2. The van der Waals surface area contributed by atoms with Crippen LogP contribution in [0.1, 0.15) is 23.1 Å². The summed E-state index contributed by atoms with van der Waals surface area (Å²) in [5, 5.41) is 2.56. The molecule has 8 aromatic rings. The fraction of sp³-hybridized carbons (Fsp3) is 0.0392. The minimum absolute atomic E-state index is 0.644. The van der Waals surface area contributed by atoms with Gasteiger partial charge in [-0.2, -0.15) is 4.99 Å². The highest BCUT2D eigenvalue weighted by molar-refractivity contribution is 7.25. The van der Waals surface area contributed by atoms with Gasteiger partial charge >= 0.3 is 0 Å². The number of nitrogens with one attached hydrogen (secondary N) is 1. The molecule has 3 heterocycles. The second-order valence-corrected chi connectivity index (χ2v) is 15.1. The van der Waals surface area contributed by atoms with E-state index in [1.165, 1.54) is 86.5 Å². The van der Waals surface area contributed by atoms with Gasteiger partial charge in [-0.05, 0) is 93.6 Å². The molecule has 0 amide bonds. The van der Waals surface area contributed by atoms with Crippen molar-refractivity contribution in [3.05, 3.63) is 193 Å². The van der Waals surface area contributed by atoms with Crippen LogP contribution in [0.5, 0.6) is 0 Å². The Morgan fingerprint density at radius 3 is 1.98 bits per heavy atom. The highest BCUT2D eigenvalue weighted by Crippen LogP contribution is 2.42. The maximum absolute atomic E-state index is 5.64. The lowest BCUT2D eigenvalue weighted by atomic mass is 9.95. The molecule has 0 aliphatic carbocycles. The normalized spacial score (nSPS) is 14.8. The molecule has 2 aliphatic heterocycles. The van der Waals surface area contributed by atoms with Gasteiger partial charge in [-0.3, -0.25) is 0 Å². The van der Waals surface area contributed by atoms with Gasteiger partial charge in [0.1, 0.15) is 0 Å². The standard InChI is InChI=1S/C51H34N2S/c1-2-12-34-21-26-49-44(29-34)45-32-40(23-27-50(45)54-49)38-18-11-17-37(30-38)39-22-25-48-43(31-39)42-19-9-10-20-47(42)53(48)51-28-24-41(35-13-5-3-6-14-35)33-46(52-51)36-15-7-4-8-16-36/h1,3-11,13-27,29-33H,12,28H2/p+1. The van der Waals surface area contributed by atoms with Crippen molar-refractivity contribution in [2.75, 3.05) is 0 Å². The van der Waals surface area contributed by atoms with Crippen molar-refractivity contribution in [3.63, 3.8) is 0 Å². The summed E-state index contributed by atoms with van der Waals surface area (Å²) in [5.74, 6) is 3.88. The Kier molecular flexibility index (Phi) is 7.99. The maximum Gasteiger partial charge on any atom is 0.215 e. The maximum atomic E-state index is 5.64. The van der Waals surface area contributed by atoms with E-state index in [1.807, 2.05) is 11.3 Å². The van der Waals surface area contributed by atoms with Crippen molar-refractivity contribution in [3.8, 4) is 45.7 Å². The van der Waals surface area contributed by atoms with Crippen LogP contribution in [0, 0.1) is 12.3 Å². The SMILES string of the molecule is C#CCc1ccc2sc3ccc(-c4cccc(-c5ccc6c(c5)-c5ccccc5[NH+]6C5=NC(c6ccccc6)=CC(c6ccccc6)=CC5)c4)cc3c2c1. The molecule has 0 spiro atoms. The van der Waals surface area contributed by atoms with E-state index in [2.05, 4.69) is 182 Å². The second-order valence-electron chi connectivity index (χ2n) is 14.0. The molecule has 2 nitrogen and oxygen atoms in total. The summed E-state index contributed by atoms with van der Waals surface area (Å²) in [5.41, 5.74) is 15.5. The zero-order valence-corrected chi connectivity index (χ0v) is 30.4. The van der Waals surface area contributed by atoms with Crippen molar-refractivity contribution < 1.29 is 4.90 Å². The van der Waals surface area contributed by atoms with Gasteiger partial charge in [-0.1, -0.05) is 109 Å². The monoisotopic (exact) mass is 707 g/mol. The van der Waals surface area contributed by atoms with Crippen LogP contribution in [0.15, 0.2) is 181 Å². The molecule has 0 saturated heterocycles. The highest BCUT2D eigenvalue weighted by atomic mass is 32.1. The Morgan fingerprint density at radius 1 is 0.556 bits per heavy atom. The first kappa shape index (κ1) is 32.1. The number of thiophene rings is 1. The third-order valence-corrected chi connectivity index (χ3v) is 11.8. The van der Waals surface area contributed by atoms with Gasteiger partial charge in [-0.15, -0.1) is 23.7 Å². The molecular formula is C51H35N2S+. The van der Waals surface area contributed by atoms with Crippen LogP contribution in [-0.4, -0.2) is 5.84 Å². The number of quaternary nitrogens is 1. The van der Waals surface area contributed by atoms with Gasteiger partial charge in [-0.25, -0.2) is 4.90 Å². The molecule has 1 N–H and O–H groups in total. The quantitative estimate of drug-likeness (QED) is 0.172. The third kappa shape index (κ3) is 5.70. The van der Waals surface area contributed by atoms with Crippen LogP contribution in [0.2, 0.25) is 0 Å². The van der Waals surface area contributed by atoms with Crippen LogP contribution in [0.4, 0.5) is 11.4 Å². The number of hydrogen-bond acceptors (Lipinski definition) is 2.